The molecule has 0 bridgehead atoms. The van der Waals surface area contributed by atoms with Crippen LogP contribution in [0.3, 0.4) is 0 Å². The summed E-state index contributed by atoms with van der Waals surface area (Å²) in [6.45, 7) is 5.45. The second kappa shape index (κ2) is 5.41. The van der Waals surface area contributed by atoms with E-state index in [1.165, 1.54) is 37.0 Å². The zero-order valence-electron chi connectivity index (χ0n) is 11.0. The summed E-state index contributed by atoms with van der Waals surface area (Å²) in [4.78, 5) is 12.3. The van der Waals surface area contributed by atoms with Gasteiger partial charge in [0.15, 0.2) is 0 Å². The third-order valence-electron chi connectivity index (χ3n) is 3.64. The monoisotopic (exact) mass is 267 g/mol. The van der Waals surface area contributed by atoms with Crippen molar-refractivity contribution >= 4 is 17.3 Å². The zero-order chi connectivity index (χ0) is 13.2. The van der Waals surface area contributed by atoms with E-state index in [0.717, 1.165) is 11.4 Å². The number of hydrogen-bond donors (Lipinski definition) is 2. The maximum absolute atomic E-state index is 10.8. The fraction of sp³-hybridized carbons (Fsp3) is 0.643. The van der Waals surface area contributed by atoms with E-state index in [4.69, 9.17) is 5.11 Å². The zero-order valence-corrected chi connectivity index (χ0v) is 11.8. The van der Waals surface area contributed by atoms with Gasteiger partial charge in [-0.3, -0.25) is 0 Å². The largest absolute Gasteiger partial charge is 0.477 e. The van der Waals surface area contributed by atoms with E-state index in [0.29, 0.717) is 16.3 Å². The molecule has 2 rings (SSSR count). The van der Waals surface area contributed by atoms with Gasteiger partial charge in [-0.25, -0.2) is 4.79 Å². The van der Waals surface area contributed by atoms with Crippen molar-refractivity contribution in [3.8, 4) is 0 Å². The first kappa shape index (κ1) is 13.6. The van der Waals surface area contributed by atoms with Crippen molar-refractivity contribution < 1.29 is 9.90 Å². The third-order valence-corrected chi connectivity index (χ3v) is 4.72. The smallest absolute Gasteiger partial charge is 0.345 e. The fourth-order valence-electron chi connectivity index (χ4n) is 2.71. The standard InChI is InChI=1S/C14H21NO2S/c1-14(2)7-3-4-10(8-14)15-9-11-5-6-12(18-11)13(16)17/h5-6,10,15H,3-4,7-9H2,1-2H3,(H,16,17). The Morgan fingerprint density at radius 2 is 2.33 bits per heavy atom. The minimum absolute atomic E-state index is 0.427. The number of rotatable bonds is 4. The number of thiophene rings is 1. The van der Waals surface area contributed by atoms with Crippen LogP contribution in [0.2, 0.25) is 0 Å². The maximum atomic E-state index is 10.8. The van der Waals surface area contributed by atoms with E-state index in [1.807, 2.05) is 6.07 Å². The highest BCUT2D eigenvalue weighted by Gasteiger charge is 2.27. The highest BCUT2D eigenvalue weighted by atomic mass is 32.1. The predicted molar refractivity (Wildman–Crippen MR) is 74.2 cm³/mol. The highest BCUT2D eigenvalue weighted by molar-refractivity contribution is 7.13. The van der Waals surface area contributed by atoms with Gasteiger partial charge in [0.25, 0.3) is 0 Å². The van der Waals surface area contributed by atoms with E-state index in [1.54, 1.807) is 6.07 Å². The van der Waals surface area contributed by atoms with Gasteiger partial charge in [0.1, 0.15) is 4.88 Å². The summed E-state index contributed by atoms with van der Waals surface area (Å²) >= 11 is 1.37. The van der Waals surface area contributed by atoms with Crippen LogP contribution in [0.4, 0.5) is 0 Å². The van der Waals surface area contributed by atoms with Crippen molar-refractivity contribution in [2.45, 2.75) is 52.1 Å². The van der Waals surface area contributed by atoms with E-state index in [9.17, 15) is 4.79 Å². The molecule has 4 heteroatoms. The van der Waals surface area contributed by atoms with Crippen molar-refractivity contribution in [3.63, 3.8) is 0 Å². The van der Waals surface area contributed by atoms with Gasteiger partial charge in [-0.05, 0) is 36.8 Å². The Balaban J connectivity index is 1.85. The third kappa shape index (κ3) is 3.56. The molecule has 1 unspecified atom stereocenters. The van der Waals surface area contributed by atoms with Crippen LogP contribution in [0.5, 0.6) is 0 Å². The Kier molecular flexibility index (Phi) is 4.07. The van der Waals surface area contributed by atoms with Gasteiger partial charge in [-0.1, -0.05) is 20.3 Å². The summed E-state index contributed by atoms with van der Waals surface area (Å²) in [6.07, 6.45) is 5.05. The van der Waals surface area contributed by atoms with Gasteiger partial charge in [0, 0.05) is 17.5 Å². The summed E-state index contributed by atoms with van der Waals surface area (Å²) in [6, 6.07) is 4.17. The molecule has 0 aromatic carbocycles. The molecular formula is C14H21NO2S. The second-order valence-electron chi connectivity index (χ2n) is 5.91. The molecule has 0 radical (unpaired) electrons. The molecule has 0 aliphatic heterocycles. The van der Waals surface area contributed by atoms with Crippen LogP contribution in [0.15, 0.2) is 12.1 Å². The Morgan fingerprint density at radius 3 is 2.94 bits per heavy atom. The fourth-order valence-corrected chi connectivity index (χ4v) is 3.50. The van der Waals surface area contributed by atoms with Crippen LogP contribution in [-0.2, 0) is 6.54 Å². The average Bonchev–Trinajstić information content (AvgIpc) is 2.74. The topological polar surface area (TPSA) is 49.3 Å². The molecule has 18 heavy (non-hydrogen) atoms. The van der Waals surface area contributed by atoms with Crippen molar-refractivity contribution in [1.82, 2.24) is 5.32 Å². The van der Waals surface area contributed by atoms with E-state index in [-0.39, 0.29) is 0 Å². The summed E-state index contributed by atoms with van der Waals surface area (Å²) in [5, 5.41) is 12.4. The van der Waals surface area contributed by atoms with Gasteiger partial charge in [-0.2, -0.15) is 0 Å². The molecule has 100 valence electrons. The lowest BCUT2D eigenvalue weighted by Crippen LogP contribution is -2.36. The Morgan fingerprint density at radius 1 is 1.56 bits per heavy atom. The first-order valence-electron chi connectivity index (χ1n) is 6.52. The van der Waals surface area contributed by atoms with Crippen LogP contribution in [0.25, 0.3) is 0 Å². The number of carbonyl (C=O) groups is 1. The van der Waals surface area contributed by atoms with Crippen LogP contribution < -0.4 is 5.32 Å². The summed E-state index contributed by atoms with van der Waals surface area (Å²) in [5.74, 6) is -0.829. The maximum Gasteiger partial charge on any atom is 0.345 e. The highest BCUT2D eigenvalue weighted by Crippen LogP contribution is 2.35. The molecule has 3 nitrogen and oxygen atoms in total. The van der Waals surface area contributed by atoms with E-state index >= 15 is 0 Å². The lowest BCUT2D eigenvalue weighted by molar-refractivity contribution is 0.0702. The first-order chi connectivity index (χ1) is 8.46. The lowest BCUT2D eigenvalue weighted by Gasteiger charge is -2.35. The minimum Gasteiger partial charge on any atom is -0.477 e. The molecule has 0 saturated heterocycles. The van der Waals surface area contributed by atoms with Gasteiger partial charge in [-0.15, -0.1) is 11.3 Å². The van der Waals surface area contributed by atoms with Gasteiger partial charge < -0.3 is 10.4 Å². The average molecular weight is 267 g/mol. The quantitative estimate of drug-likeness (QED) is 0.877. The Bertz CT molecular complexity index is 425. The second-order valence-corrected chi connectivity index (χ2v) is 7.08. The van der Waals surface area contributed by atoms with Crippen molar-refractivity contribution in [3.05, 3.63) is 21.9 Å². The van der Waals surface area contributed by atoms with Crippen molar-refractivity contribution in [1.29, 1.82) is 0 Å². The molecule has 1 atom stereocenters. The van der Waals surface area contributed by atoms with Crippen LogP contribution in [0.1, 0.15) is 54.1 Å². The summed E-state index contributed by atoms with van der Waals surface area (Å²) in [5.41, 5.74) is 0.442. The minimum atomic E-state index is -0.829. The number of aromatic carboxylic acids is 1. The molecule has 0 spiro atoms. The molecule has 2 N–H and O–H groups in total. The number of carboxylic acid groups (broad SMARTS) is 1. The summed E-state index contributed by atoms with van der Waals surface area (Å²) in [7, 11) is 0. The molecular weight excluding hydrogens is 246 g/mol. The SMILES string of the molecule is CC1(C)CCCC(NCc2ccc(C(=O)O)s2)C1. The van der Waals surface area contributed by atoms with Crippen molar-refractivity contribution in [2.75, 3.05) is 0 Å². The van der Waals surface area contributed by atoms with Crippen LogP contribution in [0, 0.1) is 5.41 Å². The molecule has 1 heterocycles. The molecule has 1 aromatic heterocycles. The number of carboxylic acids is 1. The van der Waals surface area contributed by atoms with Crippen LogP contribution in [-0.4, -0.2) is 17.1 Å². The first-order valence-corrected chi connectivity index (χ1v) is 7.33. The molecule has 1 fully saturated rings. The van der Waals surface area contributed by atoms with Gasteiger partial charge >= 0.3 is 5.97 Å². The van der Waals surface area contributed by atoms with Crippen LogP contribution >= 0.6 is 11.3 Å². The lowest BCUT2D eigenvalue weighted by atomic mass is 9.75. The number of hydrogen-bond acceptors (Lipinski definition) is 3. The normalized spacial score (nSPS) is 22.9. The summed E-state index contributed by atoms with van der Waals surface area (Å²) < 4.78 is 0. The predicted octanol–water partition coefficient (Wildman–Crippen LogP) is 3.50. The molecule has 1 aliphatic rings. The van der Waals surface area contributed by atoms with E-state index < -0.39 is 5.97 Å². The van der Waals surface area contributed by atoms with Crippen molar-refractivity contribution in [2.24, 2.45) is 5.41 Å². The Labute approximate surface area is 112 Å². The molecule has 1 aromatic rings. The number of nitrogens with one attached hydrogen (secondary N) is 1. The van der Waals surface area contributed by atoms with E-state index in [2.05, 4.69) is 19.2 Å². The van der Waals surface area contributed by atoms with Gasteiger partial charge in [0.05, 0.1) is 0 Å². The molecule has 0 amide bonds. The molecule has 1 aliphatic carbocycles. The van der Waals surface area contributed by atoms with Gasteiger partial charge in [0.2, 0.25) is 0 Å². The molecule has 1 saturated carbocycles. The Hall–Kier alpha value is -0.870.